The maximum atomic E-state index is 12.2. The summed E-state index contributed by atoms with van der Waals surface area (Å²) in [5, 5.41) is 3.03. The van der Waals surface area contributed by atoms with E-state index in [-0.39, 0.29) is 34.8 Å². The Bertz CT molecular complexity index is 746. The zero-order chi connectivity index (χ0) is 21.0. The highest BCUT2D eigenvalue weighted by Gasteiger charge is 2.60. The highest BCUT2D eigenvalue weighted by atomic mass is 16.2. The molecule has 1 N–H and O–H groups in total. The van der Waals surface area contributed by atoms with Gasteiger partial charge in [-0.15, -0.1) is 0 Å². The lowest BCUT2D eigenvalue weighted by molar-refractivity contribution is -0.139. The van der Waals surface area contributed by atoms with Crippen LogP contribution in [0.25, 0.3) is 0 Å². The Hall–Kier alpha value is -1.65. The summed E-state index contributed by atoms with van der Waals surface area (Å²) in [4.78, 5) is 37.4. The molecule has 1 heterocycles. The van der Waals surface area contributed by atoms with Gasteiger partial charge in [0.25, 0.3) is 0 Å². The Morgan fingerprint density at radius 3 is 2.62 bits per heavy atom. The van der Waals surface area contributed by atoms with Crippen molar-refractivity contribution in [2.24, 2.45) is 34.5 Å². The Morgan fingerprint density at radius 1 is 1.14 bits per heavy atom. The molecule has 0 saturated heterocycles. The first-order valence-corrected chi connectivity index (χ1v) is 11.4. The molecule has 1 aliphatic heterocycles. The molecule has 3 saturated carbocycles. The first-order valence-electron chi connectivity index (χ1n) is 11.4. The third kappa shape index (κ3) is 3.25. The van der Waals surface area contributed by atoms with Crippen LogP contribution in [0.1, 0.15) is 65.7 Å². The number of ketones is 1. The smallest absolute Gasteiger partial charge is 0.246 e. The van der Waals surface area contributed by atoms with E-state index in [1.807, 2.05) is 11.9 Å². The van der Waals surface area contributed by atoms with Gasteiger partial charge in [-0.05, 0) is 80.6 Å². The van der Waals surface area contributed by atoms with Gasteiger partial charge in [-0.1, -0.05) is 19.9 Å². The number of Topliss-reactive ketones (excluding diaryl/α,β-unsaturated/α-hetero) is 1. The first kappa shape index (κ1) is 20.6. The Morgan fingerprint density at radius 2 is 1.90 bits per heavy atom. The summed E-state index contributed by atoms with van der Waals surface area (Å²) in [6.45, 7) is 7.00. The molecule has 5 heteroatoms. The van der Waals surface area contributed by atoms with Gasteiger partial charge in [0.05, 0.1) is 6.42 Å². The summed E-state index contributed by atoms with van der Waals surface area (Å²) < 4.78 is 0. The summed E-state index contributed by atoms with van der Waals surface area (Å²) in [6.07, 6.45) is 11.1. The minimum atomic E-state index is -0.133. The van der Waals surface area contributed by atoms with Gasteiger partial charge in [-0.25, -0.2) is 0 Å². The molecule has 3 aliphatic carbocycles. The Balaban J connectivity index is 1.49. The van der Waals surface area contributed by atoms with Crippen LogP contribution in [0.2, 0.25) is 0 Å². The van der Waals surface area contributed by atoms with Crippen LogP contribution in [0.15, 0.2) is 12.2 Å². The van der Waals surface area contributed by atoms with Crippen LogP contribution in [0.3, 0.4) is 0 Å². The molecule has 2 unspecified atom stereocenters. The lowest BCUT2D eigenvalue weighted by atomic mass is 9.47. The molecule has 5 nitrogen and oxygen atoms in total. The lowest BCUT2D eigenvalue weighted by Crippen LogP contribution is -2.59. The van der Waals surface area contributed by atoms with E-state index in [1.165, 1.54) is 39.0 Å². The minimum absolute atomic E-state index is 0.00409. The maximum Gasteiger partial charge on any atom is 0.246 e. The summed E-state index contributed by atoms with van der Waals surface area (Å²) in [5.74, 6) is 2.48. The van der Waals surface area contributed by atoms with Gasteiger partial charge in [0, 0.05) is 25.0 Å². The molecule has 7 atom stereocenters. The second-order valence-corrected chi connectivity index (χ2v) is 10.6. The van der Waals surface area contributed by atoms with Crippen molar-refractivity contribution in [1.82, 2.24) is 10.2 Å². The van der Waals surface area contributed by atoms with Gasteiger partial charge in [0.1, 0.15) is 5.78 Å². The van der Waals surface area contributed by atoms with E-state index in [1.54, 1.807) is 6.08 Å². The van der Waals surface area contributed by atoms with Gasteiger partial charge in [-0.3, -0.25) is 14.4 Å². The monoisotopic (exact) mass is 400 g/mol. The Kier molecular flexibility index (Phi) is 5.15. The summed E-state index contributed by atoms with van der Waals surface area (Å²) in [6, 6.07) is 0.327. The van der Waals surface area contributed by atoms with Crippen molar-refractivity contribution < 1.29 is 14.4 Å². The third-order valence-corrected chi connectivity index (χ3v) is 9.28. The predicted molar refractivity (Wildman–Crippen MR) is 112 cm³/mol. The number of hydrogen-bond acceptors (Lipinski definition) is 3. The van der Waals surface area contributed by atoms with Crippen molar-refractivity contribution in [2.45, 2.75) is 71.8 Å². The van der Waals surface area contributed by atoms with E-state index >= 15 is 0 Å². The fourth-order valence-corrected chi connectivity index (χ4v) is 7.71. The number of carbonyl (C=O) groups excluding carboxylic acids is 3. The minimum Gasteiger partial charge on any atom is -0.355 e. The highest BCUT2D eigenvalue weighted by molar-refractivity contribution is 5.96. The van der Waals surface area contributed by atoms with Crippen LogP contribution >= 0.6 is 0 Å². The van der Waals surface area contributed by atoms with Crippen LogP contribution in [-0.4, -0.2) is 42.1 Å². The van der Waals surface area contributed by atoms with E-state index in [0.717, 1.165) is 6.42 Å². The summed E-state index contributed by atoms with van der Waals surface area (Å²) in [5.41, 5.74) is 0.356. The molecule has 4 rings (SSSR count). The topological polar surface area (TPSA) is 66.5 Å². The molecular formula is C24H36N2O3. The number of nitrogens with one attached hydrogen (secondary N) is 1. The predicted octanol–water partition coefficient (Wildman–Crippen LogP) is 3.34. The van der Waals surface area contributed by atoms with E-state index < -0.39 is 0 Å². The van der Waals surface area contributed by atoms with Gasteiger partial charge in [-0.2, -0.15) is 0 Å². The number of likely N-dealkylation sites (N-methyl/N-ethyl adjacent to an activating group) is 1. The highest BCUT2D eigenvalue weighted by Crippen LogP contribution is 2.65. The molecule has 0 bridgehead atoms. The molecule has 0 aromatic rings. The van der Waals surface area contributed by atoms with Crippen LogP contribution in [0.4, 0.5) is 0 Å². The molecule has 0 aromatic carbocycles. The zero-order valence-electron chi connectivity index (χ0n) is 18.4. The quantitative estimate of drug-likeness (QED) is 0.736. The third-order valence-electron chi connectivity index (χ3n) is 9.28. The van der Waals surface area contributed by atoms with Gasteiger partial charge < -0.3 is 10.2 Å². The van der Waals surface area contributed by atoms with Crippen molar-refractivity contribution in [3.05, 3.63) is 12.2 Å². The number of carbonyl (C=O) groups is 3. The van der Waals surface area contributed by atoms with Gasteiger partial charge in [0.2, 0.25) is 11.8 Å². The average molecular weight is 401 g/mol. The number of rotatable bonds is 4. The van der Waals surface area contributed by atoms with Crippen LogP contribution in [-0.2, 0) is 14.4 Å². The molecule has 0 radical (unpaired) electrons. The molecule has 4 aliphatic rings. The van der Waals surface area contributed by atoms with Crippen molar-refractivity contribution >= 4 is 17.6 Å². The van der Waals surface area contributed by atoms with Gasteiger partial charge in [0.15, 0.2) is 0 Å². The summed E-state index contributed by atoms with van der Waals surface area (Å²) in [7, 11) is 1.97. The van der Waals surface area contributed by atoms with Crippen LogP contribution < -0.4 is 5.32 Å². The Labute approximate surface area is 174 Å². The van der Waals surface area contributed by atoms with E-state index in [0.29, 0.717) is 36.3 Å². The second-order valence-electron chi connectivity index (χ2n) is 10.6. The van der Waals surface area contributed by atoms with Gasteiger partial charge >= 0.3 is 0 Å². The van der Waals surface area contributed by atoms with Crippen molar-refractivity contribution in [3.8, 4) is 0 Å². The largest absolute Gasteiger partial charge is 0.355 e. The molecule has 0 spiro atoms. The average Bonchev–Trinajstić information content (AvgIpc) is 2.99. The fourth-order valence-electron chi connectivity index (χ4n) is 7.71. The number of nitrogens with zero attached hydrogens (tertiary/aromatic N) is 1. The number of fused-ring (bicyclic) bond motifs is 5. The van der Waals surface area contributed by atoms with Crippen molar-refractivity contribution in [1.29, 1.82) is 0 Å². The number of amides is 2. The first-order chi connectivity index (χ1) is 13.7. The molecule has 2 amide bonds. The summed E-state index contributed by atoms with van der Waals surface area (Å²) >= 11 is 0. The molecule has 3 fully saturated rings. The lowest BCUT2D eigenvalue weighted by Gasteiger charge is -2.60. The SMILES string of the molecule is CC(=O)CC(=O)NCC1CC[C@H]2[C@@H]3CCC4N(C)C(=O)C=C[C@]4(C)[C@@H]3CC[C@]12C. The zero-order valence-corrected chi connectivity index (χ0v) is 18.4. The molecule has 29 heavy (non-hydrogen) atoms. The maximum absolute atomic E-state index is 12.2. The second kappa shape index (κ2) is 7.24. The van der Waals surface area contributed by atoms with Crippen LogP contribution in [0.5, 0.6) is 0 Å². The molecular weight excluding hydrogens is 364 g/mol. The molecule has 160 valence electrons. The van der Waals surface area contributed by atoms with Crippen LogP contribution in [0, 0.1) is 34.5 Å². The fraction of sp³-hybridized carbons (Fsp3) is 0.792. The van der Waals surface area contributed by atoms with Crippen molar-refractivity contribution in [3.63, 3.8) is 0 Å². The van der Waals surface area contributed by atoms with E-state index in [4.69, 9.17) is 0 Å². The van der Waals surface area contributed by atoms with E-state index in [9.17, 15) is 14.4 Å². The normalized spacial score (nSPS) is 43.4. The number of hydrogen-bond donors (Lipinski definition) is 1. The standard InChI is InChI=1S/C24H36N2O3/c1-15(27)13-21(28)25-14-16-5-7-18-17-6-8-20-24(3,12-10-22(29)26(20)4)19(17)9-11-23(16,18)2/h10,12,16-20H,5-9,11,13-14H2,1-4H3,(H,25,28)/t16?,17-,18-,19+,20?,23+,24+/m0/s1. The molecule has 0 aromatic heterocycles. The van der Waals surface area contributed by atoms with Crippen molar-refractivity contribution in [2.75, 3.05) is 13.6 Å². The van der Waals surface area contributed by atoms with E-state index in [2.05, 4.69) is 25.2 Å².